The van der Waals surface area contributed by atoms with Gasteiger partial charge in [-0.25, -0.2) is 9.97 Å². The van der Waals surface area contributed by atoms with E-state index in [0.717, 1.165) is 45.3 Å². The summed E-state index contributed by atoms with van der Waals surface area (Å²) in [6, 6.07) is 4.15. The molecule has 20 heavy (non-hydrogen) atoms. The van der Waals surface area contributed by atoms with Crippen molar-refractivity contribution in [3.05, 3.63) is 34.6 Å². The summed E-state index contributed by atoms with van der Waals surface area (Å²) in [6.07, 6.45) is 0. The molecular formula is C16H21N3O. The summed E-state index contributed by atoms with van der Waals surface area (Å²) in [6.45, 7) is 8.05. The Kier molecular flexibility index (Phi) is 3.93. The van der Waals surface area contributed by atoms with Crippen LogP contribution in [0, 0.1) is 27.7 Å². The van der Waals surface area contributed by atoms with Gasteiger partial charge in [0.05, 0.1) is 18.5 Å². The molecule has 0 fully saturated rings. The molecule has 0 radical (unpaired) electrons. The average molecular weight is 271 g/mol. The predicted molar refractivity (Wildman–Crippen MR) is 82.5 cm³/mol. The SMILES string of the molecule is CNc1nc(C)c(C)nc1-c1cc(C)c(OC)cc1C. The van der Waals surface area contributed by atoms with Crippen LogP contribution < -0.4 is 10.1 Å². The van der Waals surface area contributed by atoms with Gasteiger partial charge in [-0.1, -0.05) is 0 Å². The Morgan fingerprint density at radius 3 is 2.20 bits per heavy atom. The number of ether oxygens (including phenoxy) is 1. The molecule has 1 aromatic heterocycles. The number of anilines is 1. The number of rotatable bonds is 3. The Balaban J connectivity index is 2.68. The fraction of sp³-hybridized carbons (Fsp3) is 0.375. The van der Waals surface area contributed by atoms with Crippen molar-refractivity contribution in [2.45, 2.75) is 27.7 Å². The van der Waals surface area contributed by atoms with Gasteiger partial charge in [0, 0.05) is 12.6 Å². The first kappa shape index (κ1) is 14.3. The number of nitrogens with zero attached hydrogens (tertiary/aromatic N) is 2. The summed E-state index contributed by atoms with van der Waals surface area (Å²) in [4.78, 5) is 9.28. The summed E-state index contributed by atoms with van der Waals surface area (Å²) >= 11 is 0. The van der Waals surface area contributed by atoms with Gasteiger partial charge < -0.3 is 10.1 Å². The van der Waals surface area contributed by atoms with Crippen LogP contribution in [0.5, 0.6) is 5.75 Å². The number of nitrogens with one attached hydrogen (secondary N) is 1. The third-order valence-corrected chi connectivity index (χ3v) is 3.54. The molecule has 0 aliphatic carbocycles. The lowest BCUT2D eigenvalue weighted by Gasteiger charge is -2.15. The van der Waals surface area contributed by atoms with E-state index in [0.29, 0.717) is 0 Å². The number of benzene rings is 1. The van der Waals surface area contributed by atoms with Gasteiger partial charge in [0.15, 0.2) is 5.82 Å². The van der Waals surface area contributed by atoms with Crippen molar-refractivity contribution in [1.82, 2.24) is 9.97 Å². The fourth-order valence-corrected chi connectivity index (χ4v) is 2.23. The van der Waals surface area contributed by atoms with Gasteiger partial charge in [-0.3, -0.25) is 0 Å². The van der Waals surface area contributed by atoms with Crippen LogP contribution in [0.2, 0.25) is 0 Å². The van der Waals surface area contributed by atoms with Crippen molar-refractivity contribution in [3.63, 3.8) is 0 Å². The molecule has 0 saturated carbocycles. The average Bonchev–Trinajstić information content (AvgIpc) is 2.43. The molecule has 0 saturated heterocycles. The van der Waals surface area contributed by atoms with Crippen LogP contribution in [0.1, 0.15) is 22.5 Å². The van der Waals surface area contributed by atoms with Gasteiger partial charge in [-0.15, -0.1) is 0 Å². The second kappa shape index (κ2) is 5.49. The van der Waals surface area contributed by atoms with E-state index in [1.807, 2.05) is 33.9 Å². The van der Waals surface area contributed by atoms with Crippen molar-refractivity contribution >= 4 is 5.82 Å². The molecule has 106 valence electrons. The highest BCUT2D eigenvalue weighted by Gasteiger charge is 2.14. The van der Waals surface area contributed by atoms with Gasteiger partial charge in [0.1, 0.15) is 11.4 Å². The number of methoxy groups -OCH3 is 1. The molecule has 0 spiro atoms. The Morgan fingerprint density at radius 2 is 1.60 bits per heavy atom. The highest BCUT2D eigenvalue weighted by molar-refractivity contribution is 5.75. The molecule has 1 N–H and O–H groups in total. The van der Waals surface area contributed by atoms with Crippen LogP contribution >= 0.6 is 0 Å². The molecule has 0 aliphatic heterocycles. The van der Waals surface area contributed by atoms with Crippen LogP contribution in [-0.2, 0) is 0 Å². The zero-order valence-electron chi connectivity index (χ0n) is 13.0. The monoisotopic (exact) mass is 271 g/mol. The van der Waals surface area contributed by atoms with E-state index < -0.39 is 0 Å². The zero-order chi connectivity index (χ0) is 14.9. The van der Waals surface area contributed by atoms with Crippen molar-refractivity contribution in [2.24, 2.45) is 0 Å². The number of aryl methyl sites for hydroxylation is 4. The van der Waals surface area contributed by atoms with Crippen LogP contribution in [-0.4, -0.2) is 24.1 Å². The van der Waals surface area contributed by atoms with Crippen molar-refractivity contribution in [3.8, 4) is 17.0 Å². The van der Waals surface area contributed by atoms with E-state index in [9.17, 15) is 0 Å². The second-order valence-corrected chi connectivity index (χ2v) is 4.98. The predicted octanol–water partition coefficient (Wildman–Crippen LogP) is 3.43. The van der Waals surface area contributed by atoms with Crippen molar-refractivity contribution in [2.75, 3.05) is 19.5 Å². The topological polar surface area (TPSA) is 47.0 Å². The van der Waals surface area contributed by atoms with Gasteiger partial charge in [0.25, 0.3) is 0 Å². The highest BCUT2D eigenvalue weighted by Crippen LogP contribution is 2.32. The Labute approximate surface area is 120 Å². The Morgan fingerprint density at radius 1 is 0.950 bits per heavy atom. The summed E-state index contributed by atoms with van der Waals surface area (Å²) < 4.78 is 5.36. The third-order valence-electron chi connectivity index (χ3n) is 3.54. The maximum atomic E-state index is 5.36. The summed E-state index contributed by atoms with van der Waals surface area (Å²) in [5.41, 5.74) is 6.09. The van der Waals surface area contributed by atoms with Crippen molar-refractivity contribution in [1.29, 1.82) is 0 Å². The maximum absolute atomic E-state index is 5.36. The second-order valence-electron chi connectivity index (χ2n) is 4.98. The van der Waals surface area contributed by atoms with Gasteiger partial charge in [0.2, 0.25) is 0 Å². The Hall–Kier alpha value is -2.10. The lowest BCUT2D eigenvalue weighted by atomic mass is 10.0. The number of hydrogen-bond acceptors (Lipinski definition) is 4. The zero-order valence-corrected chi connectivity index (χ0v) is 13.0. The minimum absolute atomic E-state index is 0.806. The van der Waals surface area contributed by atoms with Gasteiger partial charge in [-0.2, -0.15) is 0 Å². The molecule has 0 amide bonds. The van der Waals surface area contributed by atoms with Crippen LogP contribution in [0.4, 0.5) is 5.82 Å². The van der Waals surface area contributed by atoms with E-state index in [1.54, 1.807) is 7.11 Å². The fourth-order valence-electron chi connectivity index (χ4n) is 2.23. The van der Waals surface area contributed by atoms with Gasteiger partial charge in [-0.05, 0) is 51.0 Å². The van der Waals surface area contributed by atoms with E-state index in [4.69, 9.17) is 9.72 Å². The lowest BCUT2D eigenvalue weighted by molar-refractivity contribution is 0.411. The number of aromatic nitrogens is 2. The van der Waals surface area contributed by atoms with E-state index in [1.165, 1.54) is 0 Å². The first-order chi connectivity index (χ1) is 9.47. The molecule has 1 aromatic carbocycles. The summed E-state index contributed by atoms with van der Waals surface area (Å²) in [5, 5.41) is 3.13. The van der Waals surface area contributed by atoms with Crippen LogP contribution in [0.25, 0.3) is 11.3 Å². The molecule has 4 nitrogen and oxygen atoms in total. The first-order valence-electron chi connectivity index (χ1n) is 6.66. The smallest absolute Gasteiger partial charge is 0.152 e. The molecule has 0 bridgehead atoms. The van der Waals surface area contributed by atoms with E-state index in [-0.39, 0.29) is 0 Å². The Bertz CT molecular complexity index is 651. The first-order valence-corrected chi connectivity index (χ1v) is 6.66. The largest absolute Gasteiger partial charge is 0.496 e. The standard InChI is InChI=1S/C16H21N3O/c1-9-8-14(20-6)10(2)7-13(9)15-16(17-5)19-12(4)11(3)18-15/h7-8H,1-6H3,(H,17,19). The van der Waals surface area contributed by atoms with Crippen LogP contribution in [0.3, 0.4) is 0 Å². The lowest BCUT2D eigenvalue weighted by Crippen LogP contribution is -2.04. The van der Waals surface area contributed by atoms with E-state index >= 15 is 0 Å². The molecule has 0 aliphatic rings. The highest BCUT2D eigenvalue weighted by atomic mass is 16.5. The minimum Gasteiger partial charge on any atom is -0.496 e. The van der Waals surface area contributed by atoms with Crippen molar-refractivity contribution < 1.29 is 4.74 Å². The molecule has 0 atom stereocenters. The normalized spacial score (nSPS) is 10.5. The maximum Gasteiger partial charge on any atom is 0.152 e. The minimum atomic E-state index is 0.806. The van der Waals surface area contributed by atoms with Gasteiger partial charge >= 0.3 is 0 Å². The molecule has 2 rings (SSSR count). The molecule has 0 unspecified atom stereocenters. The molecule has 1 heterocycles. The molecule has 4 heteroatoms. The number of hydrogen-bond donors (Lipinski definition) is 1. The summed E-state index contributed by atoms with van der Waals surface area (Å²) in [5.74, 6) is 1.70. The summed E-state index contributed by atoms with van der Waals surface area (Å²) in [7, 11) is 3.56. The van der Waals surface area contributed by atoms with E-state index in [2.05, 4.69) is 23.3 Å². The third kappa shape index (κ3) is 2.46. The quantitative estimate of drug-likeness (QED) is 0.929. The molecule has 2 aromatic rings. The van der Waals surface area contributed by atoms with Crippen LogP contribution in [0.15, 0.2) is 12.1 Å². The molecular weight excluding hydrogens is 250 g/mol.